The zero-order chi connectivity index (χ0) is 23.3. The molecule has 9 heteroatoms. The third-order valence-corrected chi connectivity index (χ3v) is 6.81. The number of halogens is 1. The predicted molar refractivity (Wildman–Crippen MR) is 126 cm³/mol. The molecule has 1 saturated heterocycles. The first-order chi connectivity index (χ1) is 15.9. The summed E-state index contributed by atoms with van der Waals surface area (Å²) in [4.78, 5) is 27.3. The van der Waals surface area contributed by atoms with Crippen LogP contribution in [0.25, 0.3) is 10.9 Å². The molecule has 2 aliphatic rings. The number of rotatable bonds is 6. The van der Waals surface area contributed by atoms with Gasteiger partial charge >= 0.3 is 5.69 Å². The van der Waals surface area contributed by atoms with Crippen LogP contribution in [0, 0.1) is 18.7 Å². The summed E-state index contributed by atoms with van der Waals surface area (Å²) in [6.45, 7) is 3.35. The van der Waals surface area contributed by atoms with E-state index in [1.165, 1.54) is 6.07 Å². The first-order valence-corrected chi connectivity index (χ1v) is 11.3. The van der Waals surface area contributed by atoms with Gasteiger partial charge in [0.2, 0.25) is 0 Å². The van der Waals surface area contributed by atoms with Crippen molar-refractivity contribution in [2.75, 3.05) is 30.4 Å². The highest BCUT2D eigenvalue weighted by molar-refractivity contribution is 5.87. The Morgan fingerprint density at radius 3 is 2.61 bits per heavy atom. The Bertz CT molecular complexity index is 1320. The number of nitrogens with zero attached hydrogens (tertiary/aromatic N) is 3. The van der Waals surface area contributed by atoms with E-state index in [1.807, 2.05) is 35.2 Å². The molecule has 174 valence electrons. The van der Waals surface area contributed by atoms with Gasteiger partial charge in [-0.15, -0.1) is 0 Å². The number of para-hydroxylation sites is 1. The largest absolute Gasteiger partial charge is 0.492 e. The maximum absolute atomic E-state index is 15.3. The summed E-state index contributed by atoms with van der Waals surface area (Å²) >= 11 is 0. The Labute approximate surface area is 190 Å². The van der Waals surface area contributed by atoms with E-state index in [4.69, 9.17) is 16.3 Å². The zero-order valence-electron chi connectivity index (χ0n) is 18.5. The van der Waals surface area contributed by atoms with Gasteiger partial charge in [-0.2, -0.15) is 4.68 Å². The molecule has 1 aliphatic heterocycles. The highest BCUT2D eigenvalue weighted by Gasteiger charge is 2.33. The van der Waals surface area contributed by atoms with Crippen LogP contribution in [0.1, 0.15) is 30.9 Å². The fourth-order valence-corrected chi connectivity index (χ4v) is 4.90. The molecule has 33 heavy (non-hydrogen) atoms. The van der Waals surface area contributed by atoms with E-state index >= 15 is 4.39 Å². The molecule has 0 radical (unpaired) electrons. The summed E-state index contributed by atoms with van der Waals surface area (Å²) in [6.07, 6.45) is 2.47. The highest BCUT2D eigenvalue weighted by atomic mass is 19.1. The number of nitrogens with two attached hydrogens (primary N) is 2. The number of hydrogen-bond acceptors (Lipinski definition) is 6. The normalized spacial score (nSPS) is 19.2. The number of hydrogen-bond donors (Lipinski definition) is 2. The van der Waals surface area contributed by atoms with Gasteiger partial charge in [-0.25, -0.2) is 9.18 Å². The molecule has 1 aliphatic carbocycles. The van der Waals surface area contributed by atoms with Gasteiger partial charge in [0.15, 0.2) is 0 Å². The predicted octanol–water partition coefficient (Wildman–Crippen LogP) is 1.89. The van der Waals surface area contributed by atoms with E-state index in [-0.39, 0.29) is 23.4 Å². The number of benzene rings is 2. The van der Waals surface area contributed by atoms with Gasteiger partial charge < -0.3 is 21.2 Å². The van der Waals surface area contributed by atoms with Crippen molar-refractivity contribution >= 4 is 16.6 Å². The smallest absolute Gasteiger partial charge is 0.350 e. The molecule has 0 unspecified atom stereocenters. The molecule has 0 amide bonds. The minimum absolute atomic E-state index is 0.0118. The van der Waals surface area contributed by atoms with E-state index in [9.17, 15) is 9.59 Å². The van der Waals surface area contributed by atoms with Crippen molar-refractivity contribution in [3.63, 3.8) is 0 Å². The quantitative estimate of drug-likeness (QED) is 0.552. The number of nitrogen functional groups attached to an aromatic ring is 1. The molecule has 4 N–H and O–H groups in total. The Morgan fingerprint density at radius 2 is 1.91 bits per heavy atom. The van der Waals surface area contributed by atoms with Gasteiger partial charge in [0, 0.05) is 30.7 Å². The Hall–Kier alpha value is -3.33. The van der Waals surface area contributed by atoms with Crippen LogP contribution in [-0.2, 0) is 0 Å². The molecule has 2 atom stereocenters. The molecule has 0 bridgehead atoms. The second kappa shape index (κ2) is 8.22. The minimum Gasteiger partial charge on any atom is -0.492 e. The average molecular weight is 454 g/mol. The van der Waals surface area contributed by atoms with E-state index in [2.05, 4.69) is 0 Å². The van der Waals surface area contributed by atoms with Crippen LogP contribution in [-0.4, -0.2) is 35.0 Å². The molecule has 8 nitrogen and oxygen atoms in total. The van der Waals surface area contributed by atoms with Crippen molar-refractivity contribution in [2.24, 2.45) is 11.7 Å². The summed E-state index contributed by atoms with van der Waals surface area (Å²) in [6, 6.07) is 10.5. The molecule has 2 heterocycles. The number of ether oxygens (including phenoxy) is 1. The lowest BCUT2D eigenvalue weighted by molar-refractivity contribution is 0.253. The molecule has 1 saturated carbocycles. The lowest BCUT2D eigenvalue weighted by Crippen LogP contribution is -2.44. The lowest BCUT2D eigenvalue weighted by Gasteiger charge is -2.25. The van der Waals surface area contributed by atoms with Gasteiger partial charge in [0.05, 0.1) is 16.6 Å². The molecule has 0 spiro atoms. The molecular formula is C24H28FN5O3. The second-order valence-corrected chi connectivity index (χ2v) is 9.07. The van der Waals surface area contributed by atoms with Gasteiger partial charge in [-0.05, 0) is 50.3 Å². The molecular weight excluding hydrogens is 425 g/mol. The fraction of sp³-hybridized carbons (Fsp3) is 0.417. The fourth-order valence-electron chi connectivity index (χ4n) is 4.90. The Kier molecular flexibility index (Phi) is 5.36. The van der Waals surface area contributed by atoms with Crippen LogP contribution in [0.2, 0.25) is 0 Å². The van der Waals surface area contributed by atoms with Crippen molar-refractivity contribution in [3.05, 3.63) is 68.6 Å². The summed E-state index contributed by atoms with van der Waals surface area (Å²) in [5, 5.41) is 0.131. The average Bonchev–Trinajstić information content (AvgIpc) is 3.53. The highest BCUT2D eigenvalue weighted by Crippen LogP contribution is 2.39. The third-order valence-electron chi connectivity index (χ3n) is 6.81. The Morgan fingerprint density at radius 1 is 1.18 bits per heavy atom. The summed E-state index contributed by atoms with van der Waals surface area (Å²) in [5.41, 5.74) is 6.66. The van der Waals surface area contributed by atoms with Gasteiger partial charge in [-0.1, -0.05) is 18.2 Å². The zero-order valence-corrected chi connectivity index (χ0v) is 18.5. The molecule has 2 aromatic carbocycles. The minimum atomic E-state index is -0.681. The lowest BCUT2D eigenvalue weighted by atomic mass is 10.0. The Balaban J connectivity index is 1.44. The SMILES string of the molecule is Cc1c(N2CC[C@H]([C@@H](N)COc3ccccc3)C2)c(F)cc2c(=O)n(N)c(=O)n(C3CC3)c12. The number of aryl methyl sites for hydroxylation is 1. The molecule has 1 aromatic heterocycles. The number of fused-ring (bicyclic) bond motifs is 1. The van der Waals surface area contributed by atoms with Crippen molar-refractivity contribution in [1.82, 2.24) is 9.24 Å². The maximum Gasteiger partial charge on any atom is 0.350 e. The first-order valence-electron chi connectivity index (χ1n) is 11.3. The van der Waals surface area contributed by atoms with E-state index in [0.29, 0.717) is 41.1 Å². The van der Waals surface area contributed by atoms with Crippen molar-refractivity contribution < 1.29 is 9.13 Å². The first kappa shape index (κ1) is 21.5. The van der Waals surface area contributed by atoms with Gasteiger partial charge in [0.1, 0.15) is 18.2 Å². The monoisotopic (exact) mass is 453 g/mol. The molecule has 2 fully saturated rings. The third kappa shape index (κ3) is 3.76. The van der Waals surface area contributed by atoms with Gasteiger partial charge in [-0.3, -0.25) is 9.36 Å². The standard InChI is InChI=1S/C24H28FN5O3/c1-14-21-18(23(31)30(27)24(32)29(21)16-7-8-16)11-19(25)22(14)28-10-9-15(12-28)20(26)13-33-17-5-3-2-4-6-17/h2-6,11,15-16,20H,7-10,12-13,26-27H2,1H3/t15-,20-/m0/s1. The number of anilines is 1. The summed E-state index contributed by atoms with van der Waals surface area (Å²) < 4.78 is 23.3. The van der Waals surface area contributed by atoms with Gasteiger partial charge in [0.25, 0.3) is 5.56 Å². The van der Waals surface area contributed by atoms with Crippen LogP contribution in [0.4, 0.5) is 10.1 Å². The van der Waals surface area contributed by atoms with E-state index in [1.54, 1.807) is 11.5 Å². The van der Waals surface area contributed by atoms with Crippen LogP contribution >= 0.6 is 0 Å². The van der Waals surface area contributed by atoms with Crippen molar-refractivity contribution in [2.45, 2.75) is 38.3 Å². The maximum atomic E-state index is 15.3. The van der Waals surface area contributed by atoms with E-state index in [0.717, 1.165) is 25.0 Å². The molecule has 5 rings (SSSR count). The van der Waals surface area contributed by atoms with Crippen molar-refractivity contribution in [1.29, 1.82) is 0 Å². The molecule has 3 aromatic rings. The topological polar surface area (TPSA) is 109 Å². The van der Waals surface area contributed by atoms with Crippen LogP contribution in [0.5, 0.6) is 5.75 Å². The van der Waals surface area contributed by atoms with Crippen LogP contribution in [0.15, 0.2) is 46.0 Å². The van der Waals surface area contributed by atoms with Crippen LogP contribution in [0.3, 0.4) is 0 Å². The number of aromatic nitrogens is 2. The summed E-state index contributed by atoms with van der Waals surface area (Å²) in [5.74, 6) is 6.11. The van der Waals surface area contributed by atoms with Crippen LogP contribution < -0.4 is 32.5 Å². The van der Waals surface area contributed by atoms with E-state index < -0.39 is 17.1 Å². The second-order valence-electron chi connectivity index (χ2n) is 9.07. The summed E-state index contributed by atoms with van der Waals surface area (Å²) in [7, 11) is 0. The van der Waals surface area contributed by atoms with Crippen molar-refractivity contribution in [3.8, 4) is 5.75 Å².